The molecule has 7 nitrogen and oxygen atoms in total. The molecule has 2 heterocycles. The van der Waals surface area contributed by atoms with E-state index in [4.69, 9.17) is 10.5 Å². The maximum absolute atomic E-state index is 13.4. The van der Waals surface area contributed by atoms with Crippen LogP contribution in [0.1, 0.15) is 29.9 Å². The molecule has 5 rings (SSSR count). The van der Waals surface area contributed by atoms with Crippen LogP contribution < -0.4 is 16.4 Å². The van der Waals surface area contributed by atoms with Gasteiger partial charge in [0, 0.05) is 28.8 Å². The van der Waals surface area contributed by atoms with Crippen molar-refractivity contribution in [3.8, 4) is 0 Å². The van der Waals surface area contributed by atoms with Crippen LogP contribution in [-0.2, 0) is 14.3 Å². The van der Waals surface area contributed by atoms with Gasteiger partial charge in [-0.2, -0.15) is 0 Å². The molecule has 2 aliphatic heterocycles. The first kappa shape index (κ1) is 26.2. The number of carbonyl (C=O) groups excluding carboxylic acids is 2. The van der Waals surface area contributed by atoms with Crippen LogP contribution in [0.2, 0.25) is 0 Å². The summed E-state index contributed by atoms with van der Waals surface area (Å²) in [5.41, 5.74) is 9.57. The van der Waals surface area contributed by atoms with E-state index in [-0.39, 0.29) is 17.7 Å². The minimum absolute atomic E-state index is 0.0314. The van der Waals surface area contributed by atoms with Gasteiger partial charge < -0.3 is 21.1 Å². The van der Waals surface area contributed by atoms with Crippen LogP contribution in [0.3, 0.4) is 0 Å². The van der Waals surface area contributed by atoms with E-state index >= 15 is 0 Å². The van der Waals surface area contributed by atoms with Crippen LogP contribution in [0.15, 0.2) is 83.3 Å². The molecule has 38 heavy (non-hydrogen) atoms. The molecule has 3 unspecified atom stereocenters. The number of hydrogen-bond donors (Lipinski definition) is 3. The average molecular weight is 576 g/mol. The number of hydrogen-bond acceptors (Lipinski definition) is 5. The van der Waals surface area contributed by atoms with Gasteiger partial charge in [0.1, 0.15) is 0 Å². The molecule has 2 fully saturated rings. The van der Waals surface area contributed by atoms with Crippen molar-refractivity contribution in [2.45, 2.75) is 30.9 Å². The predicted molar refractivity (Wildman–Crippen MR) is 155 cm³/mol. The molecule has 0 radical (unpaired) electrons. The molecule has 2 aliphatic rings. The van der Waals surface area contributed by atoms with E-state index in [0.717, 1.165) is 47.4 Å². The van der Waals surface area contributed by atoms with Crippen molar-refractivity contribution < 1.29 is 14.3 Å². The first-order valence-electron chi connectivity index (χ1n) is 12.8. The zero-order chi connectivity index (χ0) is 26.5. The van der Waals surface area contributed by atoms with E-state index in [1.807, 2.05) is 60.7 Å². The highest BCUT2D eigenvalue weighted by Gasteiger charge is 2.39. The third-order valence-electron chi connectivity index (χ3n) is 7.13. The number of ether oxygens (including phenoxy) is 1. The van der Waals surface area contributed by atoms with E-state index in [2.05, 4.69) is 31.5 Å². The lowest BCUT2D eigenvalue weighted by atomic mass is 9.93. The molecule has 0 saturated carbocycles. The monoisotopic (exact) mass is 574 g/mol. The van der Waals surface area contributed by atoms with Crippen molar-refractivity contribution in [3.63, 3.8) is 0 Å². The maximum atomic E-state index is 13.4. The smallest absolute Gasteiger partial charge is 0.248 e. The summed E-state index contributed by atoms with van der Waals surface area (Å²) in [6.07, 6.45) is 5.35. The number of nitrogen functional groups attached to an aromatic ring is 1. The summed E-state index contributed by atoms with van der Waals surface area (Å²) in [4.78, 5) is 28.2. The van der Waals surface area contributed by atoms with Crippen molar-refractivity contribution in [2.75, 3.05) is 36.1 Å². The minimum Gasteiger partial charge on any atom is -0.397 e. The second-order valence-corrected chi connectivity index (χ2v) is 10.7. The topological polar surface area (TPSA) is 96.7 Å². The Bertz CT molecular complexity index is 1310. The molecule has 196 valence electrons. The Hall–Kier alpha value is -3.46. The molecule has 2 bridgehead atoms. The molecule has 3 aromatic carbocycles. The Labute approximate surface area is 231 Å². The number of carbonyl (C=O) groups is 2. The van der Waals surface area contributed by atoms with Crippen molar-refractivity contribution in [1.29, 1.82) is 0 Å². The van der Waals surface area contributed by atoms with Crippen molar-refractivity contribution in [1.82, 2.24) is 4.90 Å². The predicted octanol–water partition coefficient (Wildman–Crippen LogP) is 5.27. The number of nitrogens with two attached hydrogens (primary N) is 1. The molecule has 3 aromatic rings. The number of nitrogens with zero attached hydrogens (tertiary/aromatic N) is 1. The SMILES string of the molecule is Nc1ccccc1NC(=O)C=Cc1ccc(C(CCN2CC3CC2CO3)C(=O)Nc2ccc(Br)cc2)cc1. The van der Waals surface area contributed by atoms with Gasteiger partial charge in [0.15, 0.2) is 0 Å². The summed E-state index contributed by atoms with van der Waals surface area (Å²) >= 11 is 3.44. The van der Waals surface area contributed by atoms with Crippen molar-refractivity contribution in [2.24, 2.45) is 0 Å². The fraction of sp³-hybridized carbons (Fsp3) is 0.267. The van der Waals surface area contributed by atoms with E-state index in [9.17, 15) is 9.59 Å². The lowest BCUT2D eigenvalue weighted by Gasteiger charge is -2.28. The summed E-state index contributed by atoms with van der Waals surface area (Å²) in [5.74, 6) is -0.597. The summed E-state index contributed by atoms with van der Waals surface area (Å²) < 4.78 is 6.70. The van der Waals surface area contributed by atoms with E-state index < -0.39 is 0 Å². The number of fused-ring (bicyclic) bond motifs is 2. The van der Waals surface area contributed by atoms with Crippen molar-refractivity contribution in [3.05, 3.63) is 94.5 Å². The first-order valence-corrected chi connectivity index (χ1v) is 13.6. The number of benzene rings is 3. The number of para-hydroxylation sites is 2. The largest absolute Gasteiger partial charge is 0.397 e. The normalized spacial score (nSPS) is 19.5. The van der Waals surface area contributed by atoms with E-state index in [1.54, 1.807) is 18.2 Å². The Kier molecular flexibility index (Phi) is 8.22. The molecular weight excluding hydrogens is 544 g/mol. The summed E-state index contributed by atoms with van der Waals surface area (Å²) in [6.45, 7) is 2.56. The molecule has 0 spiro atoms. The van der Waals surface area contributed by atoms with Crippen LogP contribution in [0.5, 0.6) is 0 Å². The van der Waals surface area contributed by atoms with Gasteiger partial charge >= 0.3 is 0 Å². The fourth-order valence-corrected chi connectivity index (χ4v) is 5.32. The van der Waals surface area contributed by atoms with Crippen LogP contribution in [0.25, 0.3) is 6.08 Å². The summed E-state index contributed by atoms with van der Waals surface area (Å²) in [5, 5.41) is 5.87. The zero-order valence-electron chi connectivity index (χ0n) is 21.0. The molecule has 2 saturated heterocycles. The molecular formula is C30H31BrN4O3. The van der Waals surface area contributed by atoms with Gasteiger partial charge in [0.2, 0.25) is 11.8 Å². The van der Waals surface area contributed by atoms with Gasteiger partial charge in [-0.25, -0.2) is 0 Å². The second-order valence-electron chi connectivity index (χ2n) is 9.75. The Morgan fingerprint density at radius 2 is 1.82 bits per heavy atom. The first-order chi connectivity index (χ1) is 18.4. The zero-order valence-corrected chi connectivity index (χ0v) is 22.6. The average Bonchev–Trinajstić information content (AvgIpc) is 3.55. The van der Waals surface area contributed by atoms with Gasteiger partial charge in [-0.1, -0.05) is 52.3 Å². The number of amides is 2. The molecule has 8 heteroatoms. The number of nitrogens with one attached hydrogen (secondary N) is 2. The lowest BCUT2D eigenvalue weighted by molar-refractivity contribution is -0.118. The maximum Gasteiger partial charge on any atom is 0.248 e. The summed E-state index contributed by atoms with van der Waals surface area (Å²) in [7, 11) is 0. The van der Waals surface area contributed by atoms with Gasteiger partial charge in [0.25, 0.3) is 0 Å². The quantitative estimate of drug-likeness (QED) is 0.239. The lowest BCUT2D eigenvalue weighted by Crippen LogP contribution is -2.38. The van der Waals surface area contributed by atoms with E-state index in [1.165, 1.54) is 6.08 Å². The summed E-state index contributed by atoms with van der Waals surface area (Å²) in [6, 6.07) is 23.0. The third-order valence-corrected chi connectivity index (χ3v) is 7.66. The molecule has 4 N–H and O–H groups in total. The van der Waals surface area contributed by atoms with Crippen LogP contribution in [0.4, 0.5) is 17.1 Å². The van der Waals surface area contributed by atoms with E-state index in [0.29, 0.717) is 29.9 Å². The number of rotatable bonds is 9. The van der Waals surface area contributed by atoms with Crippen LogP contribution in [-0.4, -0.2) is 48.6 Å². The highest BCUT2D eigenvalue weighted by Crippen LogP contribution is 2.30. The number of anilines is 3. The molecule has 0 aromatic heterocycles. The number of halogens is 1. The number of likely N-dealkylation sites (tertiary alicyclic amines) is 1. The van der Waals surface area contributed by atoms with Crippen LogP contribution >= 0.6 is 15.9 Å². The minimum atomic E-state index is -0.305. The van der Waals surface area contributed by atoms with Gasteiger partial charge in [0.05, 0.1) is 30.0 Å². The molecule has 2 amide bonds. The standard InChI is InChI=1S/C30H31BrN4O3/c31-22-10-12-23(13-11-22)33-30(37)26(15-16-35-18-25-17-24(35)19-38-25)21-8-5-20(6-9-21)7-14-29(36)34-28-4-2-1-3-27(28)32/h1-14,24-26H,15-19,32H2,(H,33,37)(H,34,36). The van der Waals surface area contributed by atoms with Crippen molar-refractivity contribution >= 4 is 50.9 Å². The van der Waals surface area contributed by atoms with Gasteiger partial charge in [-0.3, -0.25) is 14.5 Å². The highest BCUT2D eigenvalue weighted by molar-refractivity contribution is 9.10. The Morgan fingerprint density at radius 1 is 1.05 bits per heavy atom. The third kappa shape index (κ3) is 6.51. The second kappa shape index (κ2) is 11.9. The molecule has 0 aliphatic carbocycles. The molecule has 3 atom stereocenters. The van der Waals surface area contributed by atoms with Gasteiger partial charge in [-0.15, -0.1) is 0 Å². The van der Waals surface area contributed by atoms with Gasteiger partial charge in [-0.05, 0) is 73.0 Å². The number of morpholine rings is 1. The highest BCUT2D eigenvalue weighted by atomic mass is 79.9. The fourth-order valence-electron chi connectivity index (χ4n) is 5.06. The Morgan fingerprint density at radius 3 is 2.50 bits per heavy atom. The Balaban J connectivity index is 1.26. The van der Waals surface area contributed by atoms with Crippen LogP contribution in [0, 0.1) is 0 Å².